The van der Waals surface area contributed by atoms with Crippen LogP contribution in [0.25, 0.3) is 0 Å². The zero-order chi connectivity index (χ0) is 15.3. The van der Waals surface area contributed by atoms with Gasteiger partial charge in [0.1, 0.15) is 0 Å². The minimum absolute atomic E-state index is 0.0493. The first-order valence-corrected chi connectivity index (χ1v) is 7.79. The van der Waals surface area contributed by atoms with Gasteiger partial charge < -0.3 is 10.1 Å². The van der Waals surface area contributed by atoms with E-state index in [1.165, 1.54) is 18.6 Å². The maximum absolute atomic E-state index is 12.1. The van der Waals surface area contributed by atoms with Crippen LogP contribution in [-0.4, -0.2) is 30.1 Å². The van der Waals surface area contributed by atoms with Crippen molar-refractivity contribution < 1.29 is 13.5 Å². The maximum atomic E-state index is 12.1. The summed E-state index contributed by atoms with van der Waals surface area (Å²) in [6.45, 7) is -0.0667. The minimum atomic E-state index is -3.76. The van der Waals surface area contributed by atoms with Gasteiger partial charge in [-0.2, -0.15) is 8.42 Å². The highest BCUT2D eigenvalue weighted by Gasteiger charge is 2.17. The van der Waals surface area contributed by atoms with Crippen LogP contribution in [-0.2, 0) is 10.0 Å². The molecule has 0 fully saturated rings. The molecule has 0 saturated carbocycles. The molecule has 8 heteroatoms. The predicted octanol–water partition coefficient (Wildman–Crippen LogP) is 1.60. The SMILES string of the molecule is O=S(=O)(Nc1ccc(Cl)cc1C#CCCO)c1cnc[nH]1. The Labute approximate surface area is 127 Å². The number of imidazole rings is 1. The second-order valence-corrected chi connectivity index (χ2v) is 6.07. The van der Waals surface area contributed by atoms with Gasteiger partial charge in [-0.15, -0.1) is 0 Å². The Bertz CT molecular complexity index is 777. The first-order valence-electron chi connectivity index (χ1n) is 5.93. The number of aromatic nitrogens is 2. The van der Waals surface area contributed by atoms with Gasteiger partial charge in [-0.05, 0) is 18.2 Å². The lowest BCUT2D eigenvalue weighted by atomic mass is 10.2. The summed E-state index contributed by atoms with van der Waals surface area (Å²) in [6, 6.07) is 4.64. The lowest BCUT2D eigenvalue weighted by Crippen LogP contribution is -2.14. The number of hydrogen-bond donors (Lipinski definition) is 3. The molecule has 3 N–H and O–H groups in total. The molecule has 2 rings (SSSR count). The molecule has 21 heavy (non-hydrogen) atoms. The summed E-state index contributed by atoms with van der Waals surface area (Å²) in [5.41, 5.74) is 0.735. The molecule has 0 atom stereocenters. The minimum Gasteiger partial charge on any atom is -0.395 e. The van der Waals surface area contributed by atoms with Crippen molar-refractivity contribution in [3.05, 3.63) is 41.3 Å². The second kappa shape index (κ2) is 6.63. The molecule has 0 bridgehead atoms. The normalized spacial score (nSPS) is 10.8. The highest BCUT2D eigenvalue weighted by molar-refractivity contribution is 7.92. The van der Waals surface area contributed by atoms with Gasteiger partial charge >= 0.3 is 0 Å². The van der Waals surface area contributed by atoms with Crippen molar-refractivity contribution in [2.45, 2.75) is 11.4 Å². The van der Waals surface area contributed by atoms with E-state index in [0.717, 1.165) is 0 Å². The van der Waals surface area contributed by atoms with Crippen molar-refractivity contribution in [3.63, 3.8) is 0 Å². The first-order chi connectivity index (χ1) is 10.0. The average Bonchev–Trinajstić information content (AvgIpc) is 2.97. The maximum Gasteiger partial charge on any atom is 0.279 e. The number of anilines is 1. The van der Waals surface area contributed by atoms with Crippen LogP contribution in [0.4, 0.5) is 5.69 Å². The average molecular weight is 326 g/mol. The number of aromatic amines is 1. The monoisotopic (exact) mass is 325 g/mol. The molecule has 0 aliphatic heterocycles. The molecule has 0 unspecified atom stereocenters. The molecule has 6 nitrogen and oxygen atoms in total. The molecule has 110 valence electrons. The highest BCUT2D eigenvalue weighted by Crippen LogP contribution is 2.22. The van der Waals surface area contributed by atoms with Crippen molar-refractivity contribution in [2.24, 2.45) is 0 Å². The van der Waals surface area contributed by atoms with Gasteiger partial charge in [0.15, 0.2) is 5.03 Å². The lowest BCUT2D eigenvalue weighted by Gasteiger charge is -2.08. The third-order valence-electron chi connectivity index (χ3n) is 2.45. The van der Waals surface area contributed by atoms with Crippen LogP contribution in [0.3, 0.4) is 0 Å². The molecule has 1 aromatic heterocycles. The zero-order valence-electron chi connectivity index (χ0n) is 10.8. The van der Waals surface area contributed by atoms with E-state index in [2.05, 4.69) is 26.5 Å². The van der Waals surface area contributed by atoms with E-state index < -0.39 is 10.0 Å². The highest BCUT2D eigenvalue weighted by atomic mass is 35.5. The van der Waals surface area contributed by atoms with Gasteiger partial charge in [0.05, 0.1) is 30.4 Å². The van der Waals surface area contributed by atoms with Crippen molar-refractivity contribution in [1.29, 1.82) is 0 Å². The third-order valence-corrected chi connectivity index (χ3v) is 3.97. The fourth-order valence-electron chi connectivity index (χ4n) is 1.51. The summed E-state index contributed by atoms with van der Waals surface area (Å²) >= 11 is 5.89. The van der Waals surface area contributed by atoms with E-state index in [-0.39, 0.29) is 11.6 Å². The van der Waals surface area contributed by atoms with Crippen LogP contribution < -0.4 is 4.72 Å². The Morgan fingerprint density at radius 2 is 2.24 bits per heavy atom. The van der Waals surface area contributed by atoms with Gasteiger partial charge in [0, 0.05) is 11.4 Å². The number of nitrogens with one attached hydrogen (secondary N) is 2. The Balaban J connectivity index is 2.34. The molecular weight excluding hydrogens is 314 g/mol. The number of aliphatic hydroxyl groups excluding tert-OH is 1. The van der Waals surface area contributed by atoms with Gasteiger partial charge in [-0.3, -0.25) is 4.72 Å². The molecule has 2 aromatic rings. The van der Waals surface area contributed by atoms with E-state index in [9.17, 15) is 8.42 Å². The predicted molar refractivity (Wildman–Crippen MR) is 79.4 cm³/mol. The quantitative estimate of drug-likeness (QED) is 0.744. The van der Waals surface area contributed by atoms with Crippen molar-refractivity contribution >= 4 is 27.3 Å². The summed E-state index contributed by atoms with van der Waals surface area (Å²) in [4.78, 5) is 6.20. The van der Waals surface area contributed by atoms with Crippen LogP contribution in [0, 0.1) is 11.8 Å². The van der Waals surface area contributed by atoms with Gasteiger partial charge in [0.25, 0.3) is 10.0 Å². The smallest absolute Gasteiger partial charge is 0.279 e. The Hall–Kier alpha value is -2.01. The van der Waals surface area contributed by atoms with Crippen LogP contribution >= 0.6 is 11.6 Å². The molecule has 0 aliphatic carbocycles. The topological polar surface area (TPSA) is 95.1 Å². The van der Waals surface area contributed by atoms with E-state index in [4.69, 9.17) is 16.7 Å². The van der Waals surface area contributed by atoms with Crippen LogP contribution in [0.2, 0.25) is 5.02 Å². The number of H-pyrrole nitrogens is 1. The zero-order valence-corrected chi connectivity index (χ0v) is 12.4. The van der Waals surface area contributed by atoms with Crippen molar-refractivity contribution in [2.75, 3.05) is 11.3 Å². The van der Waals surface area contributed by atoms with Crippen LogP contribution in [0.1, 0.15) is 12.0 Å². The number of benzene rings is 1. The molecule has 0 aliphatic rings. The molecule has 0 amide bonds. The number of sulfonamides is 1. The third kappa shape index (κ3) is 3.98. The number of halogens is 1. The van der Waals surface area contributed by atoms with E-state index >= 15 is 0 Å². The largest absolute Gasteiger partial charge is 0.395 e. The summed E-state index contributed by atoms with van der Waals surface area (Å²) < 4.78 is 26.7. The summed E-state index contributed by atoms with van der Waals surface area (Å²) in [5, 5.41) is 9.12. The van der Waals surface area contributed by atoms with Crippen LogP contribution in [0.15, 0.2) is 35.7 Å². The van der Waals surface area contributed by atoms with Gasteiger partial charge in [-0.1, -0.05) is 23.4 Å². The lowest BCUT2D eigenvalue weighted by molar-refractivity contribution is 0.305. The molecule has 0 saturated heterocycles. The molecule has 1 heterocycles. The van der Waals surface area contributed by atoms with E-state index in [1.54, 1.807) is 12.1 Å². The Morgan fingerprint density at radius 1 is 1.43 bits per heavy atom. The van der Waals surface area contributed by atoms with Gasteiger partial charge in [-0.25, -0.2) is 4.98 Å². The van der Waals surface area contributed by atoms with E-state index in [1.807, 2.05) is 0 Å². The Kier molecular flexibility index (Phi) is 4.85. The fraction of sp³-hybridized carbons (Fsp3) is 0.154. The van der Waals surface area contributed by atoms with Crippen LogP contribution in [0.5, 0.6) is 0 Å². The standard InChI is InChI=1S/C13H12ClN3O3S/c14-11-4-5-12(10(7-11)3-1-2-6-18)17-21(19,20)13-8-15-9-16-13/h4-5,7-9,17-18H,2,6H2,(H,15,16). The molecule has 0 spiro atoms. The molecular formula is C13H12ClN3O3S. The fourth-order valence-corrected chi connectivity index (χ4v) is 2.67. The molecule has 0 radical (unpaired) electrons. The number of aliphatic hydroxyl groups is 1. The second-order valence-electron chi connectivity index (χ2n) is 3.99. The summed E-state index contributed by atoms with van der Waals surface area (Å²) in [7, 11) is -3.76. The van der Waals surface area contributed by atoms with E-state index in [0.29, 0.717) is 22.7 Å². The van der Waals surface area contributed by atoms with Crippen molar-refractivity contribution in [3.8, 4) is 11.8 Å². The number of nitrogens with zero attached hydrogens (tertiary/aromatic N) is 1. The first kappa shape index (κ1) is 15.4. The van der Waals surface area contributed by atoms with Crippen molar-refractivity contribution in [1.82, 2.24) is 9.97 Å². The van der Waals surface area contributed by atoms with Gasteiger partial charge in [0.2, 0.25) is 0 Å². The number of rotatable bonds is 4. The Morgan fingerprint density at radius 3 is 2.90 bits per heavy atom. The summed E-state index contributed by atoms with van der Waals surface area (Å²) in [5.74, 6) is 5.50. The molecule has 1 aromatic carbocycles. The summed E-state index contributed by atoms with van der Waals surface area (Å²) in [6.07, 6.45) is 2.77. The number of hydrogen-bond acceptors (Lipinski definition) is 4.